The maximum atomic E-state index is 6.02. The summed E-state index contributed by atoms with van der Waals surface area (Å²) in [5.74, 6) is 1.04. The van der Waals surface area contributed by atoms with Gasteiger partial charge in [0.05, 0.1) is 5.02 Å². The van der Waals surface area contributed by atoms with Crippen LogP contribution in [0.2, 0.25) is 5.02 Å². The van der Waals surface area contributed by atoms with Crippen LogP contribution in [0, 0.1) is 0 Å². The molecule has 0 bridgehead atoms. The molecule has 2 heterocycles. The van der Waals surface area contributed by atoms with Gasteiger partial charge in [-0.15, -0.1) is 0 Å². The molecule has 1 atom stereocenters. The second-order valence-corrected chi connectivity index (χ2v) is 4.48. The van der Waals surface area contributed by atoms with Gasteiger partial charge < -0.3 is 9.84 Å². The van der Waals surface area contributed by atoms with Crippen LogP contribution in [-0.4, -0.2) is 28.2 Å². The highest BCUT2D eigenvalue weighted by atomic mass is 35.5. The summed E-state index contributed by atoms with van der Waals surface area (Å²) in [6.07, 6.45) is 3.33. The number of hydrogen-bond acceptors (Lipinski definition) is 5. The summed E-state index contributed by atoms with van der Waals surface area (Å²) >= 11 is 6.02. The minimum Gasteiger partial charge on any atom is -0.339 e. The van der Waals surface area contributed by atoms with E-state index in [1.54, 1.807) is 18.3 Å². The molecule has 2 aromatic rings. The first-order valence-corrected chi connectivity index (χ1v) is 6.19. The second-order valence-electron chi connectivity index (χ2n) is 4.07. The maximum absolute atomic E-state index is 6.02. The van der Waals surface area contributed by atoms with Crippen molar-refractivity contribution in [3.05, 3.63) is 29.2 Å². The van der Waals surface area contributed by atoms with Crippen molar-refractivity contribution >= 4 is 11.6 Å². The summed E-state index contributed by atoms with van der Waals surface area (Å²) in [5, 5.41) is 7.58. The fourth-order valence-electron chi connectivity index (χ4n) is 1.49. The number of nitrogens with one attached hydrogen (secondary N) is 1. The molecule has 5 nitrogen and oxygen atoms in total. The standard InChI is InChI=1S/C12H15ClN4O/c1-8(14-2)5-6-10-16-12(17-18-10)11-9(13)4-3-7-15-11/h3-4,7-8,14H,5-6H2,1-2H3. The van der Waals surface area contributed by atoms with Gasteiger partial charge in [0, 0.05) is 18.7 Å². The summed E-state index contributed by atoms with van der Waals surface area (Å²) in [7, 11) is 1.93. The van der Waals surface area contributed by atoms with E-state index in [9.17, 15) is 0 Å². The summed E-state index contributed by atoms with van der Waals surface area (Å²) in [5.41, 5.74) is 0.552. The average Bonchev–Trinajstić information content (AvgIpc) is 2.85. The minimum absolute atomic E-state index is 0.416. The van der Waals surface area contributed by atoms with Crippen molar-refractivity contribution in [1.29, 1.82) is 0 Å². The molecule has 0 saturated carbocycles. The van der Waals surface area contributed by atoms with Crippen LogP contribution < -0.4 is 5.32 Å². The largest absolute Gasteiger partial charge is 0.339 e. The van der Waals surface area contributed by atoms with Crippen LogP contribution in [0.3, 0.4) is 0 Å². The predicted octanol–water partition coefficient (Wildman–Crippen LogP) is 2.33. The Bertz CT molecular complexity index is 514. The van der Waals surface area contributed by atoms with E-state index in [1.807, 2.05) is 7.05 Å². The van der Waals surface area contributed by atoms with Crippen LogP contribution in [0.5, 0.6) is 0 Å². The highest BCUT2D eigenvalue weighted by molar-refractivity contribution is 6.32. The summed E-state index contributed by atoms with van der Waals surface area (Å²) in [6.45, 7) is 2.10. The molecule has 0 amide bonds. The van der Waals surface area contributed by atoms with E-state index in [0.717, 1.165) is 12.8 Å². The van der Waals surface area contributed by atoms with Crippen molar-refractivity contribution in [3.8, 4) is 11.5 Å². The lowest BCUT2D eigenvalue weighted by Crippen LogP contribution is -2.21. The Hall–Kier alpha value is -1.46. The number of aromatic nitrogens is 3. The lowest BCUT2D eigenvalue weighted by Gasteiger charge is -2.06. The Morgan fingerprint density at radius 3 is 3.06 bits per heavy atom. The van der Waals surface area contributed by atoms with Crippen LogP contribution in [0.15, 0.2) is 22.9 Å². The SMILES string of the molecule is CNC(C)CCc1nc(-c2ncccc2Cl)no1. The Balaban J connectivity index is 2.09. The molecular formula is C12H15ClN4O. The van der Waals surface area contributed by atoms with Gasteiger partial charge in [-0.1, -0.05) is 16.8 Å². The van der Waals surface area contributed by atoms with Crippen molar-refractivity contribution in [2.75, 3.05) is 7.05 Å². The number of rotatable bonds is 5. The van der Waals surface area contributed by atoms with E-state index in [0.29, 0.717) is 28.5 Å². The van der Waals surface area contributed by atoms with Gasteiger partial charge in [-0.3, -0.25) is 4.98 Å². The van der Waals surface area contributed by atoms with Crippen LogP contribution in [0.1, 0.15) is 19.2 Å². The van der Waals surface area contributed by atoms with E-state index in [2.05, 4.69) is 27.4 Å². The molecule has 0 aromatic carbocycles. The molecule has 6 heteroatoms. The van der Waals surface area contributed by atoms with Crippen molar-refractivity contribution < 1.29 is 4.52 Å². The number of halogens is 1. The molecule has 96 valence electrons. The third-order valence-corrected chi connectivity index (χ3v) is 3.03. The highest BCUT2D eigenvalue weighted by Gasteiger charge is 2.13. The molecule has 1 unspecified atom stereocenters. The van der Waals surface area contributed by atoms with Gasteiger partial charge >= 0.3 is 0 Å². The van der Waals surface area contributed by atoms with Crippen LogP contribution in [0.4, 0.5) is 0 Å². The topological polar surface area (TPSA) is 63.8 Å². The molecule has 2 aromatic heterocycles. The van der Waals surface area contributed by atoms with Gasteiger partial charge in [0.15, 0.2) is 0 Å². The van der Waals surface area contributed by atoms with Crippen LogP contribution >= 0.6 is 11.6 Å². The molecule has 0 saturated heterocycles. The molecular weight excluding hydrogens is 252 g/mol. The van der Waals surface area contributed by atoms with Crippen molar-refractivity contribution in [2.24, 2.45) is 0 Å². The van der Waals surface area contributed by atoms with Crippen LogP contribution in [0.25, 0.3) is 11.5 Å². The first kappa shape index (κ1) is 13.0. The molecule has 18 heavy (non-hydrogen) atoms. The fraction of sp³-hybridized carbons (Fsp3) is 0.417. The number of hydrogen-bond donors (Lipinski definition) is 1. The lowest BCUT2D eigenvalue weighted by molar-refractivity contribution is 0.369. The van der Waals surface area contributed by atoms with Gasteiger partial charge in [-0.05, 0) is 32.5 Å². The third-order valence-electron chi connectivity index (χ3n) is 2.72. The summed E-state index contributed by atoms with van der Waals surface area (Å²) in [4.78, 5) is 8.44. The van der Waals surface area contributed by atoms with E-state index in [4.69, 9.17) is 16.1 Å². The molecule has 1 N–H and O–H groups in total. The molecule has 0 radical (unpaired) electrons. The first-order valence-electron chi connectivity index (χ1n) is 5.81. The highest BCUT2D eigenvalue weighted by Crippen LogP contribution is 2.22. The first-order chi connectivity index (χ1) is 8.70. The quantitative estimate of drug-likeness (QED) is 0.900. The molecule has 0 fully saturated rings. The Morgan fingerprint density at radius 2 is 2.33 bits per heavy atom. The molecule has 0 spiro atoms. The number of nitrogens with zero attached hydrogens (tertiary/aromatic N) is 3. The average molecular weight is 267 g/mol. The molecule has 0 aliphatic carbocycles. The smallest absolute Gasteiger partial charge is 0.227 e. The maximum Gasteiger partial charge on any atom is 0.227 e. The summed E-state index contributed by atoms with van der Waals surface area (Å²) in [6, 6.07) is 3.93. The van der Waals surface area contributed by atoms with E-state index in [-0.39, 0.29) is 0 Å². The predicted molar refractivity (Wildman–Crippen MR) is 69.4 cm³/mol. The zero-order valence-corrected chi connectivity index (χ0v) is 11.1. The van der Waals surface area contributed by atoms with Crippen molar-refractivity contribution in [3.63, 3.8) is 0 Å². The van der Waals surface area contributed by atoms with Gasteiger partial charge in [-0.2, -0.15) is 4.98 Å². The van der Waals surface area contributed by atoms with Gasteiger partial charge in [0.1, 0.15) is 5.69 Å². The zero-order chi connectivity index (χ0) is 13.0. The molecule has 2 rings (SSSR count). The van der Waals surface area contributed by atoms with Gasteiger partial charge in [0.2, 0.25) is 11.7 Å². The normalized spacial score (nSPS) is 12.6. The van der Waals surface area contributed by atoms with Crippen LogP contribution in [-0.2, 0) is 6.42 Å². The molecule has 0 aliphatic rings. The molecule has 0 aliphatic heterocycles. The Morgan fingerprint density at radius 1 is 1.50 bits per heavy atom. The second kappa shape index (κ2) is 5.93. The van der Waals surface area contributed by atoms with E-state index in [1.165, 1.54) is 0 Å². The van der Waals surface area contributed by atoms with Gasteiger partial charge in [0.25, 0.3) is 0 Å². The third kappa shape index (κ3) is 3.05. The van der Waals surface area contributed by atoms with Crippen molar-refractivity contribution in [1.82, 2.24) is 20.4 Å². The Kier molecular flexibility index (Phi) is 4.28. The lowest BCUT2D eigenvalue weighted by atomic mass is 10.2. The van der Waals surface area contributed by atoms with Crippen molar-refractivity contribution in [2.45, 2.75) is 25.8 Å². The fourth-order valence-corrected chi connectivity index (χ4v) is 1.69. The number of pyridine rings is 1. The number of aryl methyl sites for hydroxylation is 1. The monoisotopic (exact) mass is 266 g/mol. The van der Waals surface area contributed by atoms with E-state index < -0.39 is 0 Å². The van der Waals surface area contributed by atoms with E-state index >= 15 is 0 Å². The minimum atomic E-state index is 0.416. The summed E-state index contributed by atoms with van der Waals surface area (Å²) < 4.78 is 5.18. The zero-order valence-electron chi connectivity index (χ0n) is 10.4. The Labute approximate surface area is 111 Å². The van der Waals surface area contributed by atoms with Gasteiger partial charge in [-0.25, -0.2) is 0 Å².